The number of fused-ring (bicyclic) bond motifs is 4. The predicted octanol–water partition coefficient (Wildman–Crippen LogP) is 11.0. The first-order valence-corrected chi connectivity index (χ1v) is 14.3. The molecule has 6 aromatic rings. The van der Waals surface area contributed by atoms with E-state index in [1.165, 1.54) is 0 Å². The molecule has 8 rings (SSSR count). The van der Waals surface area contributed by atoms with Gasteiger partial charge in [-0.1, -0.05) is 110 Å². The SMILES string of the molecule is C=C1c2ccccc2N(c2cccc(-c3cccc(N4c5ccccc5C(=C)c5ccccc54)c3)c2)c2ccccc21. The molecule has 0 fully saturated rings. The van der Waals surface area contributed by atoms with E-state index in [0.29, 0.717) is 0 Å². The monoisotopic (exact) mass is 536 g/mol. The summed E-state index contributed by atoms with van der Waals surface area (Å²) in [5.74, 6) is 0. The number of para-hydroxylation sites is 4. The third-order valence-electron chi connectivity index (χ3n) is 8.42. The van der Waals surface area contributed by atoms with E-state index in [2.05, 4.69) is 169 Å². The quantitative estimate of drug-likeness (QED) is 0.222. The minimum Gasteiger partial charge on any atom is -0.309 e. The van der Waals surface area contributed by atoms with Crippen LogP contribution in [0.4, 0.5) is 34.1 Å². The molecular weight excluding hydrogens is 508 g/mol. The van der Waals surface area contributed by atoms with E-state index in [-0.39, 0.29) is 0 Å². The number of hydrogen-bond acceptors (Lipinski definition) is 2. The Kier molecular flexibility index (Phi) is 5.48. The topological polar surface area (TPSA) is 6.48 Å². The fourth-order valence-corrected chi connectivity index (χ4v) is 6.45. The van der Waals surface area contributed by atoms with Gasteiger partial charge in [0.15, 0.2) is 0 Å². The summed E-state index contributed by atoms with van der Waals surface area (Å²) >= 11 is 0. The minimum absolute atomic E-state index is 1.06. The van der Waals surface area contributed by atoms with Gasteiger partial charge in [-0.2, -0.15) is 0 Å². The third-order valence-corrected chi connectivity index (χ3v) is 8.42. The first-order valence-electron chi connectivity index (χ1n) is 14.3. The highest BCUT2D eigenvalue weighted by Crippen LogP contribution is 2.50. The molecule has 0 saturated heterocycles. The lowest BCUT2D eigenvalue weighted by molar-refractivity contribution is 1.23. The highest BCUT2D eigenvalue weighted by molar-refractivity contribution is 6.02. The summed E-state index contributed by atoms with van der Waals surface area (Å²) in [5, 5.41) is 0. The first-order chi connectivity index (χ1) is 20.7. The highest BCUT2D eigenvalue weighted by Gasteiger charge is 2.27. The third kappa shape index (κ3) is 3.66. The maximum absolute atomic E-state index is 4.44. The Bertz CT molecular complexity index is 1800. The zero-order valence-corrected chi connectivity index (χ0v) is 23.2. The van der Waals surface area contributed by atoms with Gasteiger partial charge in [-0.25, -0.2) is 0 Å². The van der Waals surface area contributed by atoms with E-state index < -0.39 is 0 Å². The smallest absolute Gasteiger partial charge is 0.0540 e. The van der Waals surface area contributed by atoms with Gasteiger partial charge in [-0.3, -0.25) is 0 Å². The maximum Gasteiger partial charge on any atom is 0.0540 e. The second-order valence-electron chi connectivity index (χ2n) is 10.8. The molecule has 0 spiro atoms. The largest absolute Gasteiger partial charge is 0.309 e. The van der Waals surface area contributed by atoms with Crippen LogP contribution in [0.5, 0.6) is 0 Å². The average Bonchev–Trinajstić information content (AvgIpc) is 3.05. The van der Waals surface area contributed by atoms with E-state index in [1.54, 1.807) is 0 Å². The van der Waals surface area contributed by atoms with Crippen LogP contribution in [0.3, 0.4) is 0 Å². The second kappa shape index (κ2) is 9.50. The average molecular weight is 537 g/mol. The zero-order valence-electron chi connectivity index (χ0n) is 23.2. The molecule has 0 amide bonds. The van der Waals surface area contributed by atoms with Gasteiger partial charge in [0.05, 0.1) is 22.7 Å². The molecule has 2 aliphatic rings. The highest BCUT2D eigenvalue weighted by atomic mass is 15.2. The zero-order chi connectivity index (χ0) is 28.2. The molecule has 2 heteroatoms. The lowest BCUT2D eigenvalue weighted by atomic mass is 9.90. The Morgan fingerprint density at radius 3 is 0.976 bits per heavy atom. The number of hydrogen-bond donors (Lipinski definition) is 0. The maximum atomic E-state index is 4.44. The molecule has 2 heterocycles. The van der Waals surface area contributed by atoms with Crippen molar-refractivity contribution in [1.29, 1.82) is 0 Å². The molecule has 0 N–H and O–H groups in total. The number of nitrogens with zero attached hydrogens (tertiary/aromatic N) is 2. The van der Waals surface area contributed by atoms with Crippen LogP contribution in [-0.4, -0.2) is 0 Å². The van der Waals surface area contributed by atoms with E-state index in [1.807, 2.05) is 0 Å². The molecule has 0 saturated carbocycles. The Balaban J connectivity index is 1.25. The van der Waals surface area contributed by atoms with Crippen molar-refractivity contribution in [3.8, 4) is 11.1 Å². The lowest BCUT2D eigenvalue weighted by Crippen LogP contribution is -2.18. The van der Waals surface area contributed by atoms with Gasteiger partial charge in [0.2, 0.25) is 0 Å². The van der Waals surface area contributed by atoms with Crippen molar-refractivity contribution in [2.45, 2.75) is 0 Å². The normalized spacial score (nSPS) is 13.2. The van der Waals surface area contributed by atoms with Crippen LogP contribution in [0.2, 0.25) is 0 Å². The summed E-state index contributed by atoms with van der Waals surface area (Å²) in [4.78, 5) is 4.71. The van der Waals surface area contributed by atoms with Crippen molar-refractivity contribution in [3.63, 3.8) is 0 Å². The molecule has 6 aromatic carbocycles. The minimum atomic E-state index is 1.06. The van der Waals surface area contributed by atoms with Gasteiger partial charge in [0.1, 0.15) is 0 Å². The molecule has 0 unspecified atom stereocenters. The van der Waals surface area contributed by atoms with Gasteiger partial charge in [-0.05, 0) is 70.8 Å². The summed E-state index contributed by atoms with van der Waals surface area (Å²) in [6, 6.07) is 51.8. The van der Waals surface area contributed by atoms with Crippen molar-refractivity contribution < 1.29 is 0 Å². The molecule has 0 aliphatic carbocycles. The lowest BCUT2D eigenvalue weighted by Gasteiger charge is -2.35. The molecule has 0 aromatic heterocycles. The van der Waals surface area contributed by atoms with Crippen molar-refractivity contribution in [2.75, 3.05) is 9.80 Å². The Hall–Kier alpha value is -5.60. The Labute approximate surface area is 246 Å². The van der Waals surface area contributed by atoms with Gasteiger partial charge < -0.3 is 9.80 Å². The first kappa shape index (κ1) is 24.2. The Morgan fingerprint density at radius 1 is 0.333 bits per heavy atom. The van der Waals surface area contributed by atoms with E-state index in [0.717, 1.165) is 78.7 Å². The second-order valence-corrected chi connectivity index (χ2v) is 10.8. The molecule has 0 atom stereocenters. The standard InChI is InChI=1S/C40H28N2/c1-27-33-17-3-7-21-37(33)41(38-22-8-4-18-34(27)38)31-15-11-13-29(25-31)30-14-12-16-32(26-30)42-39-23-9-5-19-35(39)28(2)36-20-6-10-24-40(36)42/h3-26H,1-2H2. The van der Waals surface area contributed by atoms with Crippen LogP contribution in [0.15, 0.2) is 159 Å². The fraction of sp³-hybridized carbons (Fsp3) is 0. The molecule has 42 heavy (non-hydrogen) atoms. The van der Waals surface area contributed by atoms with Crippen molar-refractivity contribution in [2.24, 2.45) is 0 Å². The van der Waals surface area contributed by atoms with Gasteiger partial charge >= 0.3 is 0 Å². The van der Waals surface area contributed by atoms with E-state index in [9.17, 15) is 0 Å². The molecule has 0 bridgehead atoms. The number of rotatable bonds is 3. The summed E-state index contributed by atoms with van der Waals surface area (Å²) in [6.45, 7) is 8.89. The molecule has 198 valence electrons. The van der Waals surface area contributed by atoms with Crippen LogP contribution in [-0.2, 0) is 0 Å². The van der Waals surface area contributed by atoms with Crippen LogP contribution >= 0.6 is 0 Å². The van der Waals surface area contributed by atoms with Crippen LogP contribution in [0.25, 0.3) is 22.3 Å². The van der Waals surface area contributed by atoms with E-state index >= 15 is 0 Å². The summed E-state index contributed by atoms with van der Waals surface area (Å²) in [7, 11) is 0. The van der Waals surface area contributed by atoms with Crippen LogP contribution in [0, 0.1) is 0 Å². The van der Waals surface area contributed by atoms with Crippen molar-refractivity contribution in [1.82, 2.24) is 0 Å². The Morgan fingerprint density at radius 2 is 0.643 bits per heavy atom. The van der Waals surface area contributed by atoms with Gasteiger partial charge in [0.25, 0.3) is 0 Å². The summed E-state index contributed by atoms with van der Waals surface area (Å²) < 4.78 is 0. The van der Waals surface area contributed by atoms with E-state index in [4.69, 9.17) is 0 Å². The molecule has 2 nitrogen and oxygen atoms in total. The van der Waals surface area contributed by atoms with Crippen molar-refractivity contribution in [3.05, 3.63) is 181 Å². The number of anilines is 6. The molecule has 2 aliphatic heterocycles. The summed E-state index contributed by atoms with van der Waals surface area (Å²) in [6.07, 6.45) is 0. The predicted molar refractivity (Wildman–Crippen MR) is 178 cm³/mol. The molecular formula is C40H28N2. The number of benzene rings is 6. The van der Waals surface area contributed by atoms with Crippen LogP contribution < -0.4 is 9.80 Å². The van der Waals surface area contributed by atoms with Gasteiger partial charge in [-0.15, -0.1) is 0 Å². The van der Waals surface area contributed by atoms with Gasteiger partial charge in [0, 0.05) is 33.6 Å². The summed E-state index contributed by atoms with van der Waals surface area (Å²) in [5.41, 5.74) is 15.9. The van der Waals surface area contributed by atoms with Crippen molar-refractivity contribution >= 4 is 45.3 Å². The fourth-order valence-electron chi connectivity index (χ4n) is 6.45. The molecule has 0 radical (unpaired) electrons. The van der Waals surface area contributed by atoms with Crippen LogP contribution in [0.1, 0.15) is 22.3 Å².